The Kier molecular flexibility index (Phi) is 27.1. The molecule has 50 valence electrons. The maximum Gasteiger partial charge on any atom is 3.00 e. The summed E-state index contributed by atoms with van der Waals surface area (Å²) >= 11 is 0. The zero-order valence-corrected chi connectivity index (χ0v) is 8.79. The number of hydrogen-bond acceptors (Lipinski definition) is 4. The van der Waals surface area contributed by atoms with E-state index in [9.17, 15) is 0 Å². The van der Waals surface area contributed by atoms with Crippen LogP contribution in [0.2, 0.25) is 0 Å². The fraction of sp³-hybridized carbons (Fsp3) is 0. The van der Waals surface area contributed by atoms with Crippen LogP contribution in [-0.2, 0) is 5.48 Å². The number of rotatable bonds is 0. The van der Waals surface area contributed by atoms with Crippen molar-refractivity contribution in [2.24, 2.45) is 0 Å². The van der Waals surface area contributed by atoms with Crippen molar-refractivity contribution >= 4 is 9.05 Å². The second kappa shape index (κ2) is 9.67. The van der Waals surface area contributed by atoms with Gasteiger partial charge in [-0.05, 0) is 0 Å². The maximum atomic E-state index is 8.58. The van der Waals surface area contributed by atoms with Crippen LogP contribution in [0.5, 0.6) is 0 Å². The quantitative estimate of drug-likeness (QED) is 0.362. The van der Waals surface area contributed by atoms with Gasteiger partial charge in [0.1, 0.15) is 0 Å². The third-order valence-electron chi connectivity index (χ3n) is 0. The smallest absolute Gasteiger partial charge is 2.00 e. The summed E-state index contributed by atoms with van der Waals surface area (Å²) in [5.41, 5.74) is 0. The minimum atomic E-state index is -5.61. The summed E-state index contributed by atoms with van der Waals surface area (Å²) in [6, 6.07) is 0. The van der Waals surface area contributed by atoms with Crippen molar-refractivity contribution in [1.29, 1.82) is 0 Å². The predicted molar refractivity (Wildman–Crippen MR) is 6.44 cm³/mol. The fourth-order valence-electron chi connectivity index (χ4n) is 0. The summed E-state index contributed by atoms with van der Waals surface area (Å²) in [5, 5.41) is 0. The fourth-order valence-corrected chi connectivity index (χ4v) is 0. The van der Waals surface area contributed by atoms with Crippen LogP contribution in [0, 0.1) is 79.9 Å². The molecule has 8 heavy (non-hydrogen) atoms. The summed E-state index contributed by atoms with van der Waals surface area (Å²) in [6.45, 7) is 0. The topological polar surface area (TPSA) is 121 Å². The summed E-state index contributed by atoms with van der Waals surface area (Å²) in [5.74, 6) is 0. The molecule has 0 atom stereocenters. The predicted octanol–water partition coefficient (Wildman–Crippen LogP) is -5.26. The molecule has 2 radical (unpaired) electrons. The first-order valence-electron chi connectivity index (χ1n) is 0.816. The van der Waals surface area contributed by atoms with Crippen LogP contribution in [0.25, 0.3) is 0 Å². The molecular weight excluding hydrogens is 423 g/mol. The molecule has 0 heterocycles. The molecule has 8 heteroatoms. The van der Waals surface area contributed by atoms with Crippen molar-refractivity contribution < 1.29 is 105 Å². The third kappa shape index (κ3) is 71.6. The molecule has 0 unspecified atom stereocenters. The normalized spacial score (nSPS) is 7.50. The molecule has 0 aromatic heterocycles. The molecule has 0 amide bonds. The molecule has 0 aromatic rings. The van der Waals surface area contributed by atoms with Crippen molar-refractivity contribution in [2.45, 2.75) is 0 Å². The second-order valence-corrected chi connectivity index (χ2v) is 1.50. The van der Waals surface area contributed by atoms with Gasteiger partial charge < -0.3 is 33.7 Å². The Hall–Kier alpha value is 2.67. The van der Waals surface area contributed by atoms with E-state index in [0.29, 0.717) is 0 Å². The van der Waals surface area contributed by atoms with Gasteiger partial charge in [-0.2, -0.15) is 0 Å². The summed E-state index contributed by atoms with van der Waals surface area (Å²) in [4.78, 5) is 34.3. The molecule has 0 aliphatic heterocycles. The zero-order valence-electron chi connectivity index (χ0n) is 3.25. The van der Waals surface area contributed by atoms with Gasteiger partial charge in [-0.1, -0.05) is 0 Å². The Balaban J connectivity index is -0.0000000267. The molecule has 0 saturated carbocycles. The minimum Gasteiger partial charge on any atom is -2.00 e. The zero-order chi connectivity index (χ0) is 4.50. The van der Waals surface area contributed by atoms with Gasteiger partial charge >= 0.3 is 79.9 Å². The van der Waals surface area contributed by atoms with Crippen LogP contribution in [0.4, 0.5) is 0 Å². The molecule has 0 aromatic carbocycles. The van der Waals surface area contributed by atoms with Gasteiger partial charge in [-0.3, -0.25) is 0 Å². The van der Waals surface area contributed by atoms with Crippen LogP contribution in [-0.4, -0.2) is 9.05 Å². The van der Waals surface area contributed by atoms with E-state index >= 15 is 0 Å². The second-order valence-electron chi connectivity index (χ2n) is 0.500. The SMILES string of the molecule is [Gd+3].[Gd+3].[O-2].[O-][Si]([O-])([O-])[O-]. The molecule has 0 N–H and O–H groups in total. The van der Waals surface area contributed by atoms with Crippen molar-refractivity contribution in [3.63, 3.8) is 0 Å². The molecule has 0 rings (SSSR count). The molecule has 0 saturated heterocycles. The van der Waals surface area contributed by atoms with E-state index in [4.69, 9.17) is 19.2 Å². The first kappa shape index (κ1) is 22.4. The Labute approximate surface area is 111 Å². The summed E-state index contributed by atoms with van der Waals surface area (Å²) < 4.78 is 0. The van der Waals surface area contributed by atoms with Gasteiger partial charge in [-0.25, -0.2) is 0 Å². The Bertz CT molecular complexity index is 25.9. The molecule has 0 spiro atoms. The first-order chi connectivity index (χ1) is 2.00. The van der Waals surface area contributed by atoms with Gasteiger partial charge in [0, 0.05) is 0 Å². The van der Waals surface area contributed by atoms with Crippen molar-refractivity contribution in [2.75, 3.05) is 0 Å². The van der Waals surface area contributed by atoms with Crippen LogP contribution >= 0.6 is 0 Å². The van der Waals surface area contributed by atoms with E-state index in [1.165, 1.54) is 0 Å². The third-order valence-corrected chi connectivity index (χ3v) is 0. The summed E-state index contributed by atoms with van der Waals surface area (Å²) in [7, 11) is -5.61. The van der Waals surface area contributed by atoms with Crippen molar-refractivity contribution in [3.8, 4) is 0 Å². The van der Waals surface area contributed by atoms with Gasteiger partial charge in [-0.15, -0.1) is 0 Å². The standard InChI is InChI=1S/2Gd.O4Si.O/c;;1-5(2,3)4;/q2*+3;-4;-2. The Morgan fingerprint density at radius 1 is 0.750 bits per heavy atom. The van der Waals surface area contributed by atoms with Crippen molar-refractivity contribution in [1.82, 2.24) is 0 Å². The van der Waals surface area contributed by atoms with Crippen LogP contribution < -0.4 is 19.2 Å². The van der Waals surface area contributed by atoms with E-state index < -0.39 is 9.05 Å². The van der Waals surface area contributed by atoms with Gasteiger partial charge in [0.2, 0.25) is 0 Å². The molecular formula is Gd2O5Si. The van der Waals surface area contributed by atoms with Crippen LogP contribution in [0.15, 0.2) is 0 Å². The van der Waals surface area contributed by atoms with E-state index in [0.717, 1.165) is 0 Å². The molecule has 0 aliphatic rings. The van der Waals surface area contributed by atoms with Gasteiger partial charge in [0.05, 0.1) is 0 Å². The molecule has 5 nitrogen and oxygen atoms in total. The van der Waals surface area contributed by atoms with Crippen LogP contribution in [0.1, 0.15) is 0 Å². The average molecular weight is 423 g/mol. The minimum absolute atomic E-state index is 0. The first-order valence-corrected chi connectivity index (χ1v) is 2.45. The number of hydrogen-bond donors (Lipinski definition) is 0. The average Bonchev–Trinajstić information content (AvgIpc) is 0.722. The summed E-state index contributed by atoms with van der Waals surface area (Å²) in [6.07, 6.45) is 0. The van der Waals surface area contributed by atoms with E-state index in [2.05, 4.69) is 0 Å². The molecule has 0 aliphatic carbocycles. The van der Waals surface area contributed by atoms with E-state index in [-0.39, 0.29) is 85.4 Å². The Morgan fingerprint density at radius 2 is 0.750 bits per heavy atom. The monoisotopic (exact) mass is 424 g/mol. The van der Waals surface area contributed by atoms with E-state index in [1.54, 1.807) is 0 Å². The molecule has 0 fully saturated rings. The molecule has 0 bridgehead atoms. The maximum absolute atomic E-state index is 8.58. The largest absolute Gasteiger partial charge is 3.00 e. The van der Waals surface area contributed by atoms with Gasteiger partial charge in [0.25, 0.3) is 0 Å². The van der Waals surface area contributed by atoms with Crippen LogP contribution in [0.3, 0.4) is 0 Å². The van der Waals surface area contributed by atoms with Crippen molar-refractivity contribution in [3.05, 3.63) is 0 Å². The van der Waals surface area contributed by atoms with Gasteiger partial charge in [0.15, 0.2) is 0 Å². The Morgan fingerprint density at radius 3 is 0.750 bits per heavy atom. The van der Waals surface area contributed by atoms with E-state index in [1.807, 2.05) is 0 Å².